The Bertz CT molecular complexity index is 436. The van der Waals surface area contributed by atoms with Crippen LogP contribution in [0, 0.1) is 5.92 Å². The summed E-state index contributed by atoms with van der Waals surface area (Å²) in [6.07, 6.45) is 5.02. The lowest BCUT2D eigenvalue weighted by atomic mass is 9.84. The van der Waals surface area contributed by atoms with Gasteiger partial charge in [0.25, 0.3) is 0 Å². The highest BCUT2D eigenvalue weighted by molar-refractivity contribution is 9.10. The molecule has 1 aromatic rings. The molecule has 1 saturated carbocycles. The van der Waals surface area contributed by atoms with E-state index in [9.17, 15) is 9.59 Å². The van der Waals surface area contributed by atoms with E-state index in [0.29, 0.717) is 25.0 Å². The third kappa shape index (κ3) is 3.52. The van der Waals surface area contributed by atoms with E-state index < -0.39 is 0 Å². The maximum absolute atomic E-state index is 12.0. The monoisotopic (exact) mass is 308 g/mol. The highest BCUT2D eigenvalue weighted by atomic mass is 79.9. The van der Waals surface area contributed by atoms with Gasteiger partial charge in [0.2, 0.25) is 0 Å². The topological polar surface area (TPSA) is 34.1 Å². The fourth-order valence-corrected chi connectivity index (χ4v) is 2.71. The number of benzene rings is 1. The molecule has 0 amide bonds. The molecule has 0 heterocycles. The Kier molecular flexibility index (Phi) is 4.70. The maximum Gasteiger partial charge on any atom is 0.162 e. The minimum atomic E-state index is 0.123. The predicted octanol–water partition coefficient (Wildman–Crippen LogP) is 4.17. The Morgan fingerprint density at radius 3 is 2.61 bits per heavy atom. The van der Waals surface area contributed by atoms with E-state index >= 15 is 0 Å². The molecule has 0 bridgehead atoms. The van der Waals surface area contributed by atoms with Crippen LogP contribution in [0.15, 0.2) is 28.7 Å². The Hall–Kier alpha value is -0.960. The van der Waals surface area contributed by atoms with Gasteiger partial charge in [0.05, 0.1) is 0 Å². The molecule has 0 unspecified atom stereocenters. The zero-order chi connectivity index (χ0) is 13.0. The van der Waals surface area contributed by atoms with Crippen LogP contribution in [-0.2, 0) is 4.79 Å². The van der Waals surface area contributed by atoms with Crippen LogP contribution in [0.25, 0.3) is 0 Å². The van der Waals surface area contributed by atoms with Crippen molar-refractivity contribution < 1.29 is 9.59 Å². The first-order chi connectivity index (χ1) is 8.66. The Labute approximate surface area is 116 Å². The molecule has 0 N–H and O–H groups in total. The van der Waals surface area contributed by atoms with E-state index in [0.717, 1.165) is 29.3 Å². The molecule has 0 spiro atoms. The van der Waals surface area contributed by atoms with Crippen LogP contribution >= 0.6 is 15.9 Å². The van der Waals surface area contributed by atoms with Crippen LogP contribution in [0.1, 0.15) is 48.9 Å². The van der Waals surface area contributed by atoms with Gasteiger partial charge in [-0.1, -0.05) is 34.5 Å². The standard InChI is InChI=1S/C15H17BrO2/c16-13-8-5-12(6-9-13)15(18)10-7-11-3-1-2-4-14(11)17/h5-6,8-9,11H,1-4,7,10H2/t11-/m0/s1. The lowest BCUT2D eigenvalue weighted by Gasteiger charge is -2.19. The lowest BCUT2D eigenvalue weighted by molar-refractivity contribution is -0.124. The number of carbonyl (C=O) groups excluding carboxylic acids is 2. The van der Waals surface area contributed by atoms with Crippen molar-refractivity contribution in [2.24, 2.45) is 5.92 Å². The minimum Gasteiger partial charge on any atom is -0.299 e. The SMILES string of the molecule is O=C(CC[C@@H]1CCCCC1=O)c1ccc(Br)cc1. The average Bonchev–Trinajstić information content (AvgIpc) is 2.38. The summed E-state index contributed by atoms with van der Waals surface area (Å²) in [6, 6.07) is 7.40. The van der Waals surface area contributed by atoms with Crippen LogP contribution in [-0.4, -0.2) is 11.6 Å². The van der Waals surface area contributed by atoms with Crippen LogP contribution in [0.3, 0.4) is 0 Å². The van der Waals surface area contributed by atoms with Gasteiger partial charge in [0.15, 0.2) is 5.78 Å². The molecule has 2 rings (SSSR count). The number of hydrogen-bond donors (Lipinski definition) is 0. The van der Waals surface area contributed by atoms with Gasteiger partial charge < -0.3 is 0 Å². The molecular weight excluding hydrogens is 292 g/mol. The summed E-state index contributed by atoms with van der Waals surface area (Å²) in [5.41, 5.74) is 0.737. The molecule has 1 atom stereocenters. The third-order valence-electron chi connectivity index (χ3n) is 3.57. The van der Waals surface area contributed by atoms with Crippen molar-refractivity contribution in [2.75, 3.05) is 0 Å². The van der Waals surface area contributed by atoms with E-state index in [4.69, 9.17) is 0 Å². The first-order valence-electron chi connectivity index (χ1n) is 6.48. The largest absolute Gasteiger partial charge is 0.299 e. The lowest BCUT2D eigenvalue weighted by Crippen LogP contribution is -2.19. The zero-order valence-electron chi connectivity index (χ0n) is 10.3. The van der Waals surface area contributed by atoms with Crippen molar-refractivity contribution in [1.29, 1.82) is 0 Å². The molecule has 1 aliphatic carbocycles. The van der Waals surface area contributed by atoms with Crippen LogP contribution in [0.5, 0.6) is 0 Å². The normalized spacial score (nSPS) is 19.8. The summed E-state index contributed by atoms with van der Waals surface area (Å²) < 4.78 is 0.974. The summed E-state index contributed by atoms with van der Waals surface area (Å²) in [7, 11) is 0. The number of Topliss-reactive ketones (excluding diaryl/α,β-unsaturated/α-hetero) is 2. The van der Waals surface area contributed by atoms with Crippen LogP contribution in [0.4, 0.5) is 0 Å². The number of halogens is 1. The maximum atomic E-state index is 12.0. The van der Waals surface area contributed by atoms with Crippen molar-refractivity contribution in [3.05, 3.63) is 34.3 Å². The molecule has 1 aromatic carbocycles. The van der Waals surface area contributed by atoms with E-state index in [1.165, 1.54) is 0 Å². The van der Waals surface area contributed by atoms with Crippen molar-refractivity contribution >= 4 is 27.5 Å². The third-order valence-corrected chi connectivity index (χ3v) is 4.10. The molecule has 18 heavy (non-hydrogen) atoms. The quantitative estimate of drug-likeness (QED) is 0.782. The van der Waals surface area contributed by atoms with Gasteiger partial charge in [-0.15, -0.1) is 0 Å². The molecule has 2 nitrogen and oxygen atoms in total. The number of carbonyl (C=O) groups is 2. The van der Waals surface area contributed by atoms with E-state index in [1.807, 2.05) is 24.3 Å². The smallest absolute Gasteiger partial charge is 0.162 e. The second kappa shape index (κ2) is 6.28. The number of ketones is 2. The van der Waals surface area contributed by atoms with E-state index in [2.05, 4.69) is 15.9 Å². The van der Waals surface area contributed by atoms with Gasteiger partial charge in [0.1, 0.15) is 5.78 Å². The molecular formula is C15H17BrO2. The summed E-state index contributed by atoms with van der Waals surface area (Å²) in [6.45, 7) is 0. The Balaban J connectivity index is 1.88. The molecule has 1 fully saturated rings. The molecule has 0 radical (unpaired) electrons. The van der Waals surface area contributed by atoms with E-state index in [1.54, 1.807) is 0 Å². The zero-order valence-corrected chi connectivity index (χ0v) is 11.9. The van der Waals surface area contributed by atoms with Gasteiger partial charge in [-0.05, 0) is 31.4 Å². The molecule has 96 valence electrons. The molecule has 3 heteroatoms. The summed E-state index contributed by atoms with van der Waals surface area (Å²) in [5.74, 6) is 0.615. The van der Waals surface area contributed by atoms with Gasteiger partial charge in [-0.25, -0.2) is 0 Å². The second-order valence-corrected chi connectivity index (χ2v) is 5.79. The Morgan fingerprint density at radius 1 is 1.22 bits per heavy atom. The summed E-state index contributed by atoms with van der Waals surface area (Å²) >= 11 is 3.35. The molecule has 0 aromatic heterocycles. The van der Waals surface area contributed by atoms with Gasteiger partial charge in [-0.2, -0.15) is 0 Å². The van der Waals surface area contributed by atoms with Gasteiger partial charge in [0, 0.05) is 28.8 Å². The fourth-order valence-electron chi connectivity index (χ4n) is 2.45. The first-order valence-corrected chi connectivity index (χ1v) is 7.27. The van der Waals surface area contributed by atoms with Gasteiger partial charge in [-0.3, -0.25) is 9.59 Å². The summed E-state index contributed by atoms with van der Waals surface area (Å²) in [4.78, 5) is 23.6. The van der Waals surface area contributed by atoms with Crippen molar-refractivity contribution in [3.8, 4) is 0 Å². The average molecular weight is 309 g/mol. The van der Waals surface area contributed by atoms with Crippen LogP contribution < -0.4 is 0 Å². The molecule has 0 saturated heterocycles. The summed E-state index contributed by atoms with van der Waals surface area (Å²) in [5, 5.41) is 0. The molecule has 1 aliphatic rings. The van der Waals surface area contributed by atoms with Crippen LogP contribution in [0.2, 0.25) is 0 Å². The van der Waals surface area contributed by atoms with Crippen molar-refractivity contribution in [3.63, 3.8) is 0 Å². The predicted molar refractivity (Wildman–Crippen MR) is 74.7 cm³/mol. The first kappa shape index (κ1) is 13.5. The van der Waals surface area contributed by atoms with Gasteiger partial charge >= 0.3 is 0 Å². The molecule has 0 aliphatic heterocycles. The van der Waals surface area contributed by atoms with E-state index in [-0.39, 0.29) is 11.7 Å². The second-order valence-electron chi connectivity index (χ2n) is 4.88. The number of hydrogen-bond acceptors (Lipinski definition) is 2. The number of rotatable bonds is 4. The highest BCUT2D eigenvalue weighted by Crippen LogP contribution is 2.25. The van der Waals surface area contributed by atoms with Crippen molar-refractivity contribution in [1.82, 2.24) is 0 Å². The highest BCUT2D eigenvalue weighted by Gasteiger charge is 2.22. The fraction of sp³-hybridized carbons (Fsp3) is 0.467. The van der Waals surface area contributed by atoms with Crippen molar-refractivity contribution in [2.45, 2.75) is 38.5 Å². The minimum absolute atomic E-state index is 0.123. The Morgan fingerprint density at radius 2 is 1.94 bits per heavy atom.